The summed E-state index contributed by atoms with van der Waals surface area (Å²) in [4.78, 5) is 4.38. The zero-order valence-electron chi connectivity index (χ0n) is 15.5. The van der Waals surface area contributed by atoms with Gasteiger partial charge < -0.3 is 0 Å². The summed E-state index contributed by atoms with van der Waals surface area (Å²) in [7, 11) is -3.58. The topological polar surface area (TPSA) is 96.2 Å². The Balaban J connectivity index is 2.02. The molecule has 0 radical (unpaired) electrons. The fraction of sp³-hybridized carbons (Fsp3) is 0.222. The van der Waals surface area contributed by atoms with E-state index in [4.69, 9.17) is 12.2 Å². The summed E-state index contributed by atoms with van der Waals surface area (Å²) in [6, 6.07) is 12.1. The molecular formula is C18H20N6O2S2. The minimum absolute atomic E-state index is 0.197. The molecule has 0 bridgehead atoms. The first-order valence-electron chi connectivity index (χ1n) is 8.70. The Morgan fingerprint density at radius 3 is 2.68 bits per heavy atom. The molecule has 28 heavy (non-hydrogen) atoms. The molecule has 0 fully saturated rings. The fourth-order valence-corrected chi connectivity index (χ4v) is 4.35. The predicted molar refractivity (Wildman–Crippen MR) is 110 cm³/mol. The van der Waals surface area contributed by atoms with E-state index in [2.05, 4.69) is 20.3 Å². The second-order valence-corrected chi connectivity index (χ2v) is 8.11. The molecule has 8 nitrogen and oxygen atoms in total. The molecule has 0 aliphatic heterocycles. The molecule has 0 saturated carbocycles. The second-order valence-electron chi connectivity index (χ2n) is 5.78. The molecule has 2 aromatic heterocycles. The van der Waals surface area contributed by atoms with Crippen LogP contribution in [0.15, 0.2) is 58.7 Å². The van der Waals surface area contributed by atoms with Crippen molar-refractivity contribution in [2.24, 2.45) is 5.10 Å². The zero-order chi connectivity index (χ0) is 20.1. The SMILES string of the molecule is CCN(CC)S(=O)(=O)c1cccc(-c2n[nH]c(=S)n2/N=C\c2ccccn2)c1. The molecule has 0 saturated heterocycles. The van der Waals surface area contributed by atoms with E-state index in [1.54, 1.807) is 36.7 Å². The third kappa shape index (κ3) is 4.08. The Morgan fingerprint density at radius 1 is 1.21 bits per heavy atom. The lowest BCUT2D eigenvalue weighted by atomic mass is 10.2. The molecule has 0 atom stereocenters. The normalized spacial score (nSPS) is 12.1. The van der Waals surface area contributed by atoms with Crippen molar-refractivity contribution < 1.29 is 8.42 Å². The van der Waals surface area contributed by atoms with Crippen molar-refractivity contribution in [3.05, 3.63) is 59.1 Å². The van der Waals surface area contributed by atoms with Gasteiger partial charge in [-0.2, -0.15) is 19.2 Å². The van der Waals surface area contributed by atoms with Crippen LogP contribution in [0.25, 0.3) is 11.4 Å². The van der Waals surface area contributed by atoms with Crippen LogP contribution >= 0.6 is 12.2 Å². The number of nitrogens with one attached hydrogen (secondary N) is 1. The van der Waals surface area contributed by atoms with Crippen LogP contribution in [-0.2, 0) is 10.0 Å². The molecule has 146 valence electrons. The summed E-state index contributed by atoms with van der Waals surface area (Å²) in [6.07, 6.45) is 3.23. The molecule has 0 aliphatic carbocycles. The zero-order valence-corrected chi connectivity index (χ0v) is 17.1. The van der Waals surface area contributed by atoms with E-state index >= 15 is 0 Å². The van der Waals surface area contributed by atoms with Crippen molar-refractivity contribution in [3.63, 3.8) is 0 Å². The smallest absolute Gasteiger partial charge is 0.243 e. The van der Waals surface area contributed by atoms with Crippen molar-refractivity contribution in [3.8, 4) is 11.4 Å². The summed E-state index contributed by atoms with van der Waals surface area (Å²) in [5.41, 5.74) is 1.24. The van der Waals surface area contributed by atoms with Gasteiger partial charge in [0.2, 0.25) is 14.8 Å². The van der Waals surface area contributed by atoms with Crippen LogP contribution in [0.2, 0.25) is 0 Å². The van der Waals surface area contributed by atoms with Crippen LogP contribution in [0.5, 0.6) is 0 Å². The number of rotatable bonds is 7. The average Bonchev–Trinajstić information content (AvgIpc) is 3.08. The minimum Gasteiger partial charge on any atom is -0.255 e. The van der Waals surface area contributed by atoms with E-state index in [0.717, 1.165) is 0 Å². The van der Waals surface area contributed by atoms with E-state index in [1.807, 2.05) is 32.0 Å². The predicted octanol–water partition coefficient (Wildman–Crippen LogP) is 2.92. The van der Waals surface area contributed by atoms with Crippen molar-refractivity contribution in [2.45, 2.75) is 18.7 Å². The molecular weight excluding hydrogens is 396 g/mol. The lowest BCUT2D eigenvalue weighted by Gasteiger charge is -2.18. The number of pyridine rings is 1. The lowest BCUT2D eigenvalue weighted by molar-refractivity contribution is 0.445. The number of benzene rings is 1. The fourth-order valence-electron chi connectivity index (χ4n) is 2.66. The molecule has 0 amide bonds. The van der Waals surface area contributed by atoms with Gasteiger partial charge in [-0.1, -0.05) is 32.0 Å². The Morgan fingerprint density at radius 2 is 2.00 bits per heavy atom. The first-order valence-corrected chi connectivity index (χ1v) is 10.6. The van der Waals surface area contributed by atoms with Gasteiger partial charge in [0, 0.05) is 24.8 Å². The number of aromatic amines is 1. The van der Waals surface area contributed by atoms with E-state index in [-0.39, 0.29) is 4.90 Å². The van der Waals surface area contributed by atoms with Crippen LogP contribution in [0.1, 0.15) is 19.5 Å². The maximum absolute atomic E-state index is 12.8. The molecule has 3 rings (SSSR count). The maximum Gasteiger partial charge on any atom is 0.243 e. The Kier molecular flexibility index (Phi) is 6.12. The van der Waals surface area contributed by atoms with E-state index in [9.17, 15) is 8.42 Å². The molecule has 1 aromatic carbocycles. The monoisotopic (exact) mass is 416 g/mol. The highest BCUT2D eigenvalue weighted by atomic mass is 32.2. The Labute approximate surface area is 168 Å². The van der Waals surface area contributed by atoms with Gasteiger partial charge in [0.1, 0.15) is 0 Å². The van der Waals surface area contributed by atoms with Crippen LogP contribution < -0.4 is 0 Å². The number of hydrogen-bond acceptors (Lipinski definition) is 6. The highest BCUT2D eigenvalue weighted by molar-refractivity contribution is 7.89. The summed E-state index contributed by atoms with van der Waals surface area (Å²) in [5.74, 6) is 0.411. The minimum atomic E-state index is -3.58. The first kappa shape index (κ1) is 20.1. The summed E-state index contributed by atoms with van der Waals surface area (Å²) >= 11 is 5.26. The molecule has 0 unspecified atom stereocenters. The summed E-state index contributed by atoms with van der Waals surface area (Å²) < 4.78 is 28.8. The molecule has 0 spiro atoms. The second kappa shape index (κ2) is 8.55. The van der Waals surface area contributed by atoms with Crippen molar-refractivity contribution in [1.29, 1.82) is 0 Å². The van der Waals surface area contributed by atoms with Crippen LogP contribution in [0.4, 0.5) is 0 Å². The molecule has 2 heterocycles. The maximum atomic E-state index is 12.8. The highest BCUT2D eigenvalue weighted by Crippen LogP contribution is 2.23. The number of sulfonamides is 1. The van der Waals surface area contributed by atoms with Gasteiger partial charge in [-0.05, 0) is 36.5 Å². The van der Waals surface area contributed by atoms with Crippen molar-refractivity contribution in [2.75, 3.05) is 13.1 Å². The summed E-state index contributed by atoms with van der Waals surface area (Å²) in [6.45, 7) is 4.41. The number of nitrogens with zero attached hydrogens (tertiary/aromatic N) is 5. The van der Waals surface area contributed by atoms with E-state index in [0.29, 0.717) is 34.9 Å². The van der Waals surface area contributed by atoms with Gasteiger partial charge in [-0.25, -0.2) is 13.5 Å². The van der Waals surface area contributed by atoms with Crippen LogP contribution in [0.3, 0.4) is 0 Å². The van der Waals surface area contributed by atoms with Gasteiger partial charge in [0.05, 0.1) is 16.8 Å². The Bertz CT molecular complexity index is 1130. The lowest BCUT2D eigenvalue weighted by Crippen LogP contribution is -2.30. The quantitative estimate of drug-likeness (QED) is 0.472. The number of aromatic nitrogens is 4. The molecule has 1 N–H and O–H groups in total. The van der Waals surface area contributed by atoms with E-state index < -0.39 is 10.0 Å². The third-order valence-corrected chi connectivity index (χ3v) is 6.39. The van der Waals surface area contributed by atoms with Crippen LogP contribution in [-0.4, -0.2) is 51.9 Å². The number of H-pyrrole nitrogens is 1. The standard InChI is InChI=1S/C18H20N6O2S2/c1-3-23(4-2)28(25,26)16-10-7-8-14(12-16)17-21-22-18(27)24(17)20-13-15-9-5-6-11-19-15/h5-13H,3-4H2,1-2H3,(H,22,27)/b20-13-. The molecule has 10 heteroatoms. The van der Waals surface area contributed by atoms with Crippen molar-refractivity contribution in [1.82, 2.24) is 24.2 Å². The largest absolute Gasteiger partial charge is 0.255 e. The highest BCUT2D eigenvalue weighted by Gasteiger charge is 2.22. The van der Waals surface area contributed by atoms with Crippen molar-refractivity contribution >= 4 is 28.5 Å². The van der Waals surface area contributed by atoms with Gasteiger partial charge >= 0.3 is 0 Å². The van der Waals surface area contributed by atoms with Gasteiger partial charge in [0.15, 0.2) is 5.82 Å². The van der Waals surface area contributed by atoms with E-state index in [1.165, 1.54) is 8.98 Å². The summed E-state index contributed by atoms with van der Waals surface area (Å²) in [5, 5.41) is 11.2. The molecule has 0 aliphatic rings. The van der Waals surface area contributed by atoms with Crippen LogP contribution in [0, 0.1) is 4.77 Å². The Hall–Kier alpha value is -2.69. The molecule has 3 aromatic rings. The third-order valence-electron chi connectivity index (χ3n) is 4.08. The van der Waals surface area contributed by atoms with Gasteiger partial charge in [-0.15, -0.1) is 0 Å². The van der Waals surface area contributed by atoms with Gasteiger partial charge in [0.25, 0.3) is 0 Å². The average molecular weight is 417 g/mol. The first-order chi connectivity index (χ1) is 13.5. The number of hydrogen-bond donors (Lipinski definition) is 1. The van der Waals surface area contributed by atoms with Gasteiger partial charge in [-0.3, -0.25) is 4.98 Å².